The Balaban J connectivity index is 1.78. The maximum Gasteiger partial charge on any atom is 0.413 e. The number of nitrogens with zero attached hydrogens (tertiary/aromatic N) is 6. The van der Waals surface area contributed by atoms with Crippen LogP contribution in [0.4, 0.5) is 25.7 Å². The molecule has 1 N–H and O–H groups in total. The maximum absolute atomic E-state index is 14.8. The number of hydrogen-bond acceptors (Lipinski definition) is 8. The van der Waals surface area contributed by atoms with E-state index in [9.17, 15) is 14.0 Å². The van der Waals surface area contributed by atoms with E-state index < -0.39 is 23.1 Å². The lowest BCUT2D eigenvalue weighted by atomic mass is 10.2. The molecule has 2 amide bonds. The average Bonchev–Trinajstić information content (AvgIpc) is 2.99. The number of rotatable bonds is 3. The second-order valence-corrected chi connectivity index (χ2v) is 10.4. The summed E-state index contributed by atoms with van der Waals surface area (Å²) >= 11 is 0. The van der Waals surface area contributed by atoms with Crippen molar-refractivity contribution in [3.63, 3.8) is 0 Å². The summed E-state index contributed by atoms with van der Waals surface area (Å²) in [6.45, 7) is 14.3. The molecule has 35 heavy (non-hydrogen) atoms. The summed E-state index contributed by atoms with van der Waals surface area (Å²) in [5.41, 5.74) is -0.228. The monoisotopic (exact) mass is 491 g/mol. The Bertz CT molecular complexity index is 1100. The van der Waals surface area contributed by atoms with Crippen molar-refractivity contribution in [3.8, 4) is 11.4 Å². The van der Waals surface area contributed by atoms with E-state index in [1.54, 1.807) is 39.6 Å². The molecule has 0 bridgehead atoms. The van der Waals surface area contributed by atoms with Crippen LogP contribution in [0.25, 0.3) is 11.4 Å². The molecule has 1 aliphatic rings. The zero-order valence-corrected chi connectivity index (χ0v) is 21.6. The van der Waals surface area contributed by atoms with Gasteiger partial charge >= 0.3 is 12.2 Å². The molecule has 0 atom stereocenters. The first kappa shape index (κ1) is 26.2. The number of nitrogens with one attached hydrogen (secondary N) is 1. The van der Waals surface area contributed by atoms with Crippen molar-refractivity contribution in [1.82, 2.24) is 24.6 Å². The number of aromatic nitrogens is 4. The van der Waals surface area contributed by atoms with Gasteiger partial charge in [0.1, 0.15) is 16.9 Å². The molecule has 2 aromatic rings. The molecular formula is C23H34FN7O4. The summed E-state index contributed by atoms with van der Waals surface area (Å²) in [6.07, 6.45) is 0.0936. The molecule has 0 saturated carbocycles. The molecule has 0 aromatic carbocycles. The highest BCUT2D eigenvalue weighted by Gasteiger charge is 2.28. The van der Waals surface area contributed by atoms with Crippen LogP contribution in [0.3, 0.4) is 0 Å². The number of carbonyl (C=O) groups is 2. The third-order valence-corrected chi connectivity index (χ3v) is 5.07. The summed E-state index contributed by atoms with van der Waals surface area (Å²) in [5.74, 6) is -0.0224. The van der Waals surface area contributed by atoms with Crippen LogP contribution in [0.2, 0.25) is 0 Å². The Morgan fingerprint density at radius 2 is 1.63 bits per heavy atom. The van der Waals surface area contributed by atoms with Crippen LogP contribution in [-0.2, 0) is 16.5 Å². The molecule has 0 aliphatic carbocycles. The van der Waals surface area contributed by atoms with Crippen molar-refractivity contribution < 1.29 is 23.5 Å². The lowest BCUT2D eigenvalue weighted by Crippen LogP contribution is -2.50. The highest BCUT2D eigenvalue weighted by molar-refractivity contribution is 5.86. The molecule has 0 unspecified atom stereocenters. The molecule has 1 aliphatic heterocycles. The smallest absolute Gasteiger partial charge is 0.413 e. The third kappa shape index (κ3) is 6.58. The molecule has 12 heteroatoms. The zero-order chi connectivity index (χ0) is 26.1. The Labute approximate surface area is 204 Å². The second-order valence-electron chi connectivity index (χ2n) is 10.4. The third-order valence-electron chi connectivity index (χ3n) is 5.07. The van der Waals surface area contributed by atoms with Gasteiger partial charge in [-0.15, -0.1) is 0 Å². The van der Waals surface area contributed by atoms with E-state index in [2.05, 4.69) is 20.4 Å². The summed E-state index contributed by atoms with van der Waals surface area (Å²) in [7, 11) is 1.64. The predicted octanol–water partition coefficient (Wildman–Crippen LogP) is 3.73. The molecule has 3 heterocycles. The number of carbonyl (C=O) groups excluding carboxylic acids is 2. The summed E-state index contributed by atoms with van der Waals surface area (Å²) in [5, 5.41) is 6.91. The SMILES string of the molecule is Cc1c(NC(=O)OC(C)(C)C)nn(C)c1-c1nc(N2CCN(C(=O)OC(C)(C)C)CC2)ncc1F. The van der Waals surface area contributed by atoms with E-state index in [0.717, 1.165) is 6.20 Å². The van der Waals surface area contributed by atoms with Crippen molar-refractivity contribution in [2.45, 2.75) is 59.7 Å². The van der Waals surface area contributed by atoms with Crippen LogP contribution in [0.5, 0.6) is 0 Å². The summed E-state index contributed by atoms with van der Waals surface area (Å²) < 4.78 is 27.0. The molecule has 0 spiro atoms. The second kappa shape index (κ2) is 9.67. The lowest BCUT2D eigenvalue weighted by Gasteiger charge is -2.35. The van der Waals surface area contributed by atoms with Gasteiger partial charge in [0.25, 0.3) is 0 Å². The van der Waals surface area contributed by atoms with Crippen LogP contribution in [0, 0.1) is 12.7 Å². The minimum absolute atomic E-state index is 0.0642. The molecule has 11 nitrogen and oxygen atoms in total. The average molecular weight is 492 g/mol. The highest BCUT2D eigenvalue weighted by Crippen LogP contribution is 2.30. The maximum atomic E-state index is 14.8. The van der Waals surface area contributed by atoms with Crippen molar-refractivity contribution >= 4 is 24.0 Å². The number of halogens is 1. The van der Waals surface area contributed by atoms with Crippen molar-refractivity contribution in [3.05, 3.63) is 17.6 Å². The van der Waals surface area contributed by atoms with Crippen LogP contribution in [0.15, 0.2) is 6.20 Å². The fourth-order valence-electron chi connectivity index (χ4n) is 3.57. The first-order chi connectivity index (χ1) is 16.1. The van der Waals surface area contributed by atoms with Gasteiger partial charge in [-0.05, 0) is 48.5 Å². The van der Waals surface area contributed by atoms with E-state index in [0.29, 0.717) is 43.4 Å². The quantitative estimate of drug-likeness (QED) is 0.691. The van der Waals surface area contributed by atoms with Gasteiger partial charge in [0.2, 0.25) is 5.95 Å². The van der Waals surface area contributed by atoms with Crippen molar-refractivity contribution in [2.24, 2.45) is 7.05 Å². The first-order valence-corrected chi connectivity index (χ1v) is 11.4. The van der Waals surface area contributed by atoms with Crippen LogP contribution in [-0.4, -0.2) is 74.2 Å². The lowest BCUT2D eigenvalue weighted by molar-refractivity contribution is 0.0240. The van der Waals surface area contributed by atoms with Gasteiger partial charge < -0.3 is 19.3 Å². The normalized spacial score (nSPS) is 14.7. The molecule has 1 saturated heterocycles. The van der Waals surface area contributed by atoms with E-state index in [1.165, 1.54) is 4.68 Å². The largest absolute Gasteiger partial charge is 0.444 e. The Kier molecular flexibility index (Phi) is 7.23. The van der Waals surface area contributed by atoms with Crippen molar-refractivity contribution in [1.29, 1.82) is 0 Å². The number of hydrogen-bond donors (Lipinski definition) is 1. The van der Waals surface area contributed by atoms with Crippen LogP contribution in [0.1, 0.15) is 47.1 Å². The molecular weight excluding hydrogens is 457 g/mol. The topological polar surface area (TPSA) is 115 Å². The number of aryl methyl sites for hydroxylation is 1. The fraction of sp³-hybridized carbons (Fsp3) is 0.609. The van der Waals surface area contributed by atoms with Gasteiger partial charge in [-0.25, -0.2) is 23.9 Å². The molecule has 192 valence electrons. The minimum Gasteiger partial charge on any atom is -0.444 e. The van der Waals surface area contributed by atoms with Crippen molar-refractivity contribution in [2.75, 3.05) is 36.4 Å². The van der Waals surface area contributed by atoms with Gasteiger partial charge in [0.05, 0.1) is 11.9 Å². The summed E-state index contributed by atoms with van der Waals surface area (Å²) in [4.78, 5) is 36.7. The van der Waals surface area contributed by atoms with Gasteiger partial charge in [0.15, 0.2) is 11.6 Å². The standard InChI is InChI=1S/C23H34FN7O4/c1-14-17(29(8)28-18(14)27-20(32)34-22(2,3)4)16-15(24)13-25-19(26-16)30-9-11-31(12-10-30)21(33)35-23(5,6)7/h13H,9-12H2,1-8H3,(H,27,28,32). The van der Waals surface area contributed by atoms with Crippen LogP contribution >= 0.6 is 0 Å². The summed E-state index contributed by atoms with van der Waals surface area (Å²) in [6, 6.07) is 0. The molecule has 3 rings (SSSR count). The van der Waals surface area contributed by atoms with Gasteiger partial charge in [0, 0.05) is 38.8 Å². The van der Waals surface area contributed by atoms with Gasteiger partial charge in [-0.3, -0.25) is 10.00 Å². The van der Waals surface area contributed by atoms with E-state index >= 15 is 0 Å². The van der Waals surface area contributed by atoms with E-state index in [1.807, 2.05) is 25.7 Å². The molecule has 0 radical (unpaired) electrons. The minimum atomic E-state index is -0.670. The molecule has 1 fully saturated rings. The Morgan fingerprint density at radius 1 is 1.03 bits per heavy atom. The van der Waals surface area contributed by atoms with Gasteiger partial charge in [-0.1, -0.05) is 0 Å². The highest BCUT2D eigenvalue weighted by atomic mass is 19.1. The van der Waals surface area contributed by atoms with E-state index in [4.69, 9.17) is 9.47 Å². The predicted molar refractivity (Wildman–Crippen MR) is 129 cm³/mol. The Hall–Kier alpha value is -3.44. The zero-order valence-electron chi connectivity index (χ0n) is 21.6. The van der Waals surface area contributed by atoms with Gasteiger partial charge in [-0.2, -0.15) is 5.10 Å². The Morgan fingerprint density at radius 3 is 2.20 bits per heavy atom. The number of ether oxygens (including phenoxy) is 2. The van der Waals surface area contributed by atoms with E-state index in [-0.39, 0.29) is 17.6 Å². The first-order valence-electron chi connectivity index (χ1n) is 11.4. The fourth-order valence-corrected chi connectivity index (χ4v) is 3.57. The number of anilines is 2. The number of amides is 2. The van der Waals surface area contributed by atoms with Crippen LogP contribution < -0.4 is 10.2 Å². The molecule has 2 aromatic heterocycles. The number of piperazine rings is 1.